The van der Waals surface area contributed by atoms with Crippen molar-refractivity contribution in [3.05, 3.63) is 0 Å². The smallest absolute Gasteiger partial charge is 0.0810 e. The van der Waals surface area contributed by atoms with Crippen LogP contribution in [0.1, 0.15) is 12.8 Å². The monoisotopic (exact) mass is 146 g/mol. The normalized spacial score (nSPS) is 26.7. The third kappa shape index (κ3) is 2.64. The third-order valence-corrected chi connectivity index (χ3v) is 1.57. The lowest BCUT2D eigenvalue weighted by Crippen LogP contribution is -2.28. The molecule has 1 rings (SSSR count). The molecule has 3 heteroatoms. The maximum absolute atomic E-state index is 8.50. The molecular weight excluding hydrogens is 132 g/mol. The number of aliphatic hydroxyl groups is 1. The van der Waals surface area contributed by atoms with Crippen LogP contribution in [0.15, 0.2) is 0 Å². The van der Waals surface area contributed by atoms with E-state index < -0.39 is 0 Å². The third-order valence-electron chi connectivity index (χ3n) is 1.57. The molecule has 1 saturated heterocycles. The van der Waals surface area contributed by atoms with Crippen LogP contribution in [0, 0.1) is 0 Å². The zero-order valence-corrected chi connectivity index (χ0v) is 6.08. The average molecular weight is 146 g/mol. The molecule has 60 valence electrons. The second kappa shape index (κ2) is 4.66. The van der Waals surface area contributed by atoms with Crippen LogP contribution in [-0.2, 0) is 9.47 Å². The SMILES string of the molecule is OCCC[C@@H]1COCCO1. The predicted molar refractivity (Wildman–Crippen MR) is 36.9 cm³/mol. The molecule has 1 fully saturated rings. The Morgan fingerprint density at radius 3 is 2.90 bits per heavy atom. The van der Waals surface area contributed by atoms with Crippen molar-refractivity contribution in [2.45, 2.75) is 18.9 Å². The van der Waals surface area contributed by atoms with Crippen molar-refractivity contribution in [1.29, 1.82) is 0 Å². The summed E-state index contributed by atoms with van der Waals surface area (Å²) in [6.07, 6.45) is 1.95. The Bertz CT molecular complexity index is 78.9. The minimum absolute atomic E-state index is 0.223. The van der Waals surface area contributed by atoms with Gasteiger partial charge in [-0.3, -0.25) is 0 Å². The molecule has 0 radical (unpaired) electrons. The Labute approximate surface area is 60.9 Å². The first kappa shape index (κ1) is 7.98. The summed E-state index contributed by atoms with van der Waals surface area (Å²) in [7, 11) is 0. The number of ether oxygens (including phenoxy) is 2. The fourth-order valence-electron chi connectivity index (χ4n) is 1.02. The van der Waals surface area contributed by atoms with Crippen LogP contribution >= 0.6 is 0 Å². The van der Waals surface area contributed by atoms with Crippen molar-refractivity contribution in [3.8, 4) is 0 Å². The predicted octanol–water partition coefficient (Wildman–Crippen LogP) is 0.174. The van der Waals surface area contributed by atoms with E-state index in [1.807, 2.05) is 0 Å². The van der Waals surface area contributed by atoms with Gasteiger partial charge in [-0.25, -0.2) is 0 Å². The van der Waals surface area contributed by atoms with E-state index in [-0.39, 0.29) is 12.7 Å². The molecule has 1 atom stereocenters. The lowest BCUT2D eigenvalue weighted by Gasteiger charge is -2.22. The molecule has 0 saturated carbocycles. The molecule has 1 heterocycles. The lowest BCUT2D eigenvalue weighted by atomic mass is 10.2. The first-order valence-electron chi connectivity index (χ1n) is 3.73. The summed E-state index contributed by atoms with van der Waals surface area (Å²) in [6.45, 7) is 2.37. The highest BCUT2D eigenvalue weighted by Gasteiger charge is 2.12. The minimum Gasteiger partial charge on any atom is -0.396 e. The van der Waals surface area contributed by atoms with E-state index in [1.165, 1.54) is 0 Å². The van der Waals surface area contributed by atoms with E-state index in [0.717, 1.165) is 19.4 Å². The maximum atomic E-state index is 8.50. The van der Waals surface area contributed by atoms with E-state index in [2.05, 4.69) is 0 Å². The fraction of sp³-hybridized carbons (Fsp3) is 1.00. The zero-order chi connectivity index (χ0) is 7.23. The summed E-state index contributed by atoms with van der Waals surface area (Å²) < 4.78 is 10.5. The summed E-state index contributed by atoms with van der Waals surface area (Å²) in [6, 6.07) is 0. The van der Waals surface area contributed by atoms with Gasteiger partial charge in [0, 0.05) is 6.61 Å². The lowest BCUT2D eigenvalue weighted by molar-refractivity contribution is -0.0919. The van der Waals surface area contributed by atoms with Crippen LogP contribution < -0.4 is 0 Å². The topological polar surface area (TPSA) is 38.7 Å². The van der Waals surface area contributed by atoms with Crippen molar-refractivity contribution >= 4 is 0 Å². The van der Waals surface area contributed by atoms with E-state index in [4.69, 9.17) is 14.6 Å². The van der Waals surface area contributed by atoms with Crippen LogP contribution in [0.25, 0.3) is 0 Å². The van der Waals surface area contributed by atoms with Crippen molar-refractivity contribution < 1.29 is 14.6 Å². The highest BCUT2D eigenvalue weighted by Crippen LogP contribution is 2.06. The van der Waals surface area contributed by atoms with Gasteiger partial charge in [-0.1, -0.05) is 0 Å². The van der Waals surface area contributed by atoms with E-state index in [0.29, 0.717) is 13.2 Å². The van der Waals surface area contributed by atoms with Crippen molar-refractivity contribution in [3.63, 3.8) is 0 Å². The minimum atomic E-state index is 0.223. The van der Waals surface area contributed by atoms with Crippen LogP contribution in [0.3, 0.4) is 0 Å². The molecule has 0 aromatic rings. The fourth-order valence-corrected chi connectivity index (χ4v) is 1.02. The molecule has 1 aliphatic heterocycles. The molecule has 10 heavy (non-hydrogen) atoms. The Balaban J connectivity index is 2.02. The second-order valence-electron chi connectivity index (χ2n) is 2.43. The molecule has 0 aromatic carbocycles. The Morgan fingerprint density at radius 2 is 2.30 bits per heavy atom. The van der Waals surface area contributed by atoms with Crippen LogP contribution in [0.5, 0.6) is 0 Å². The molecule has 0 amide bonds. The maximum Gasteiger partial charge on any atom is 0.0810 e. The summed E-state index contributed by atoms with van der Waals surface area (Å²) in [5.74, 6) is 0. The van der Waals surface area contributed by atoms with Crippen molar-refractivity contribution in [2.75, 3.05) is 26.4 Å². The zero-order valence-electron chi connectivity index (χ0n) is 6.08. The van der Waals surface area contributed by atoms with Crippen molar-refractivity contribution in [2.24, 2.45) is 0 Å². The molecule has 3 nitrogen and oxygen atoms in total. The molecule has 0 aromatic heterocycles. The summed E-state index contributed by atoms with van der Waals surface area (Å²) in [4.78, 5) is 0. The van der Waals surface area contributed by atoms with Crippen LogP contribution in [0.4, 0.5) is 0 Å². The average Bonchev–Trinajstić information content (AvgIpc) is 2.03. The van der Waals surface area contributed by atoms with Gasteiger partial charge in [0.15, 0.2) is 0 Å². The number of aliphatic hydroxyl groups excluding tert-OH is 1. The highest BCUT2D eigenvalue weighted by molar-refractivity contribution is 4.59. The van der Waals surface area contributed by atoms with Crippen LogP contribution in [0.2, 0.25) is 0 Å². The number of hydrogen-bond donors (Lipinski definition) is 1. The molecule has 0 spiro atoms. The van der Waals surface area contributed by atoms with Crippen LogP contribution in [-0.4, -0.2) is 37.6 Å². The van der Waals surface area contributed by atoms with Gasteiger partial charge >= 0.3 is 0 Å². The first-order chi connectivity index (χ1) is 4.93. The van der Waals surface area contributed by atoms with Gasteiger partial charge in [-0.05, 0) is 12.8 Å². The molecule has 0 bridgehead atoms. The summed E-state index contributed by atoms with van der Waals surface area (Å²) >= 11 is 0. The summed E-state index contributed by atoms with van der Waals surface area (Å²) in [5.41, 5.74) is 0. The standard InChI is InChI=1S/C7H14O3/c8-3-1-2-7-6-9-4-5-10-7/h7-8H,1-6H2/t7-/m1/s1. The number of rotatable bonds is 3. The molecular formula is C7H14O3. The molecule has 1 N–H and O–H groups in total. The molecule has 0 aliphatic carbocycles. The molecule has 0 unspecified atom stereocenters. The van der Waals surface area contributed by atoms with E-state index in [9.17, 15) is 0 Å². The van der Waals surface area contributed by atoms with Gasteiger partial charge in [0.05, 0.1) is 25.9 Å². The van der Waals surface area contributed by atoms with Gasteiger partial charge in [0.1, 0.15) is 0 Å². The summed E-state index contributed by atoms with van der Waals surface area (Å²) in [5, 5.41) is 8.50. The highest BCUT2D eigenvalue weighted by atomic mass is 16.6. The van der Waals surface area contributed by atoms with E-state index >= 15 is 0 Å². The van der Waals surface area contributed by atoms with Crippen molar-refractivity contribution in [1.82, 2.24) is 0 Å². The van der Waals surface area contributed by atoms with E-state index in [1.54, 1.807) is 0 Å². The Kier molecular flexibility index (Phi) is 3.72. The Morgan fingerprint density at radius 1 is 1.40 bits per heavy atom. The largest absolute Gasteiger partial charge is 0.396 e. The second-order valence-corrected chi connectivity index (χ2v) is 2.43. The van der Waals surface area contributed by atoms with Gasteiger partial charge in [-0.2, -0.15) is 0 Å². The van der Waals surface area contributed by atoms with Gasteiger partial charge in [-0.15, -0.1) is 0 Å². The van der Waals surface area contributed by atoms with Gasteiger partial charge < -0.3 is 14.6 Å². The Hall–Kier alpha value is -0.120. The number of hydrogen-bond acceptors (Lipinski definition) is 3. The quantitative estimate of drug-likeness (QED) is 0.617. The van der Waals surface area contributed by atoms with Gasteiger partial charge in [0.25, 0.3) is 0 Å². The van der Waals surface area contributed by atoms with Gasteiger partial charge in [0.2, 0.25) is 0 Å². The first-order valence-corrected chi connectivity index (χ1v) is 3.73. The molecule has 1 aliphatic rings.